The number of anilines is 2. The van der Waals surface area contributed by atoms with E-state index in [0.717, 1.165) is 16.0 Å². The highest BCUT2D eigenvalue weighted by molar-refractivity contribution is 6.46. The van der Waals surface area contributed by atoms with Crippen molar-refractivity contribution in [3.63, 3.8) is 0 Å². The Balaban J connectivity index is 1.87. The summed E-state index contributed by atoms with van der Waals surface area (Å²) in [5.41, 5.74) is 3.85. The molecule has 1 N–H and O–H groups in total. The van der Waals surface area contributed by atoms with Gasteiger partial charge in [0.2, 0.25) is 0 Å². The van der Waals surface area contributed by atoms with Crippen molar-refractivity contribution < 1.29 is 18.7 Å². The van der Waals surface area contributed by atoms with Gasteiger partial charge in [-0.1, -0.05) is 35.9 Å². The predicted octanol–water partition coefficient (Wildman–Crippen LogP) is 4.85. The molecule has 1 aliphatic rings. The van der Waals surface area contributed by atoms with Gasteiger partial charge in [-0.05, 0) is 61.4 Å². The molecule has 0 aromatic heterocycles. The molecule has 0 saturated heterocycles. The molecule has 0 aliphatic carbocycles. The lowest BCUT2D eigenvalue weighted by atomic mass is 9.97. The SMILES string of the molecule is COc1ccccc1NC1=C(c2ccc(C)cc2C)C(=O)N(c2ccc(F)cc2)C1=O. The molecule has 0 spiro atoms. The zero-order valence-corrected chi connectivity index (χ0v) is 17.4. The van der Waals surface area contributed by atoms with E-state index in [1.165, 1.54) is 31.4 Å². The van der Waals surface area contributed by atoms with Crippen LogP contribution in [0.5, 0.6) is 5.75 Å². The van der Waals surface area contributed by atoms with Gasteiger partial charge in [0.15, 0.2) is 0 Å². The number of halogens is 1. The van der Waals surface area contributed by atoms with E-state index >= 15 is 0 Å². The molecule has 31 heavy (non-hydrogen) atoms. The van der Waals surface area contributed by atoms with E-state index in [-0.39, 0.29) is 11.3 Å². The second kappa shape index (κ2) is 8.07. The van der Waals surface area contributed by atoms with Gasteiger partial charge in [-0.15, -0.1) is 0 Å². The number of rotatable bonds is 5. The monoisotopic (exact) mass is 416 g/mol. The number of aryl methyl sites for hydroxylation is 2. The minimum atomic E-state index is -0.516. The summed E-state index contributed by atoms with van der Waals surface area (Å²) in [5, 5.41) is 3.11. The van der Waals surface area contributed by atoms with Crippen LogP contribution in [-0.2, 0) is 9.59 Å². The smallest absolute Gasteiger partial charge is 0.282 e. The van der Waals surface area contributed by atoms with E-state index in [2.05, 4.69) is 5.32 Å². The van der Waals surface area contributed by atoms with Crippen LogP contribution in [0.15, 0.2) is 72.4 Å². The summed E-state index contributed by atoms with van der Waals surface area (Å²) in [6.07, 6.45) is 0. The molecule has 3 aromatic rings. The van der Waals surface area contributed by atoms with Gasteiger partial charge in [0, 0.05) is 0 Å². The van der Waals surface area contributed by atoms with Crippen molar-refractivity contribution in [3.8, 4) is 5.75 Å². The summed E-state index contributed by atoms with van der Waals surface area (Å²) < 4.78 is 18.8. The van der Waals surface area contributed by atoms with Crippen LogP contribution >= 0.6 is 0 Å². The number of amides is 2. The molecule has 1 aliphatic heterocycles. The van der Waals surface area contributed by atoms with E-state index in [0.29, 0.717) is 22.7 Å². The Bertz CT molecular complexity index is 1220. The summed E-state index contributed by atoms with van der Waals surface area (Å²) in [4.78, 5) is 28.0. The van der Waals surface area contributed by atoms with Crippen LogP contribution in [0.25, 0.3) is 5.57 Å². The minimum absolute atomic E-state index is 0.144. The first kappa shape index (κ1) is 20.3. The lowest BCUT2D eigenvalue weighted by Gasteiger charge is -2.16. The van der Waals surface area contributed by atoms with Crippen LogP contribution in [0.3, 0.4) is 0 Å². The molecular formula is C25H21FN2O3. The fraction of sp³-hybridized carbons (Fsp3) is 0.120. The Morgan fingerprint density at radius 2 is 1.61 bits per heavy atom. The number of nitrogens with one attached hydrogen (secondary N) is 1. The summed E-state index contributed by atoms with van der Waals surface area (Å²) in [6, 6.07) is 18.1. The Morgan fingerprint density at radius 1 is 0.903 bits per heavy atom. The van der Waals surface area contributed by atoms with Crippen molar-refractivity contribution in [2.24, 2.45) is 0 Å². The molecule has 0 saturated carbocycles. The van der Waals surface area contributed by atoms with Gasteiger partial charge >= 0.3 is 0 Å². The second-order valence-corrected chi connectivity index (χ2v) is 7.32. The first-order valence-corrected chi connectivity index (χ1v) is 9.77. The third-order valence-corrected chi connectivity index (χ3v) is 5.19. The van der Waals surface area contributed by atoms with Gasteiger partial charge in [-0.25, -0.2) is 9.29 Å². The summed E-state index contributed by atoms with van der Waals surface area (Å²) >= 11 is 0. The van der Waals surface area contributed by atoms with Gasteiger partial charge in [-0.3, -0.25) is 9.59 Å². The Morgan fingerprint density at radius 3 is 2.29 bits per heavy atom. The Labute approximate surface area is 179 Å². The van der Waals surface area contributed by atoms with Gasteiger partial charge in [-0.2, -0.15) is 0 Å². The maximum absolute atomic E-state index is 13.5. The molecule has 5 nitrogen and oxygen atoms in total. The number of ether oxygens (including phenoxy) is 1. The first-order valence-electron chi connectivity index (χ1n) is 9.77. The molecule has 4 rings (SSSR count). The Kier molecular flexibility index (Phi) is 5.29. The van der Waals surface area contributed by atoms with Crippen molar-refractivity contribution in [1.82, 2.24) is 0 Å². The standard InChI is InChI=1S/C25H21FN2O3/c1-15-8-13-19(16(2)14-15)22-23(27-20-6-4-5-7-21(20)31-3)25(30)28(24(22)29)18-11-9-17(26)10-12-18/h4-14,27H,1-3H3. The maximum Gasteiger partial charge on any atom is 0.282 e. The highest BCUT2D eigenvalue weighted by Crippen LogP contribution is 2.36. The van der Waals surface area contributed by atoms with E-state index in [9.17, 15) is 14.0 Å². The Hall–Kier alpha value is -3.93. The predicted molar refractivity (Wildman–Crippen MR) is 118 cm³/mol. The molecule has 156 valence electrons. The lowest BCUT2D eigenvalue weighted by molar-refractivity contribution is -0.120. The number of hydrogen-bond acceptors (Lipinski definition) is 4. The van der Waals surface area contributed by atoms with E-state index in [4.69, 9.17) is 4.74 Å². The minimum Gasteiger partial charge on any atom is -0.495 e. The molecule has 0 bridgehead atoms. The second-order valence-electron chi connectivity index (χ2n) is 7.32. The number of imide groups is 1. The average molecular weight is 416 g/mol. The molecule has 3 aromatic carbocycles. The van der Waals surface area contributed by atoms with Crippen LogP contribution in [0, 0.1) is 19.7 Å². The lowest BCUT2D eigenvalue weighted by Crippen LogP contribution is -2.32. The van der Waals surface area contributed by atoms with Crippen molar-refractivity contribution in [3.05, 3.63) is 94.9 Å². The van der Waals surface area contributed by atoms with E-state index in [1.54, 1.807) is 18.2 Å². The molecule has 0 radical (unpaired) electrons. The van der Waals surface area contributed by atoms with Crippen LogP contribution in [0.4, 0.5) is 15.8 Å². The average Bonchev–Trinajstić information content (AvgIpc) is 2.99. The fourth-order valence-electron chi connectivity index (χ4n) is 3.70. The highest BCUT2D eigenvalue weighted by atomic mass is 19.1. The van der Waals surface area contributed by atoms with Crippen LogP contribution in [0.2, 0.25) is 0 Å². The number of para-hydroxylation sites is 2. The fourth-order valence-corrected chi connectivity index (χ4v) is 3.70. The number of carbonyl (C=O) groups excluding carboxylic acids is 2. The topological polar surface area (TPSA) is 58.6 Å². The van der Waals surface area contributed by atoms with Crippen molar-refractivity contribution in [2.75, 3.05) is 17.3 Å². The first-order chi connectivity index (χ1) is 14.9. The van der Waals surface area contributed by atoms with Crippen LogP contribution < -0.4 is 15.0 Å². The third-order valence-electron chi connectivity index (χ3n) is 5.19. The summed E-state index contributed by atoms with van der Waals surface area (Å²) in [6.45, 7) is 3.86. The number of methoxy groups -OCH3 is 1. The maximum atomic E-state index is 13.5. The zero-order chi connectivity index (χ0) is 22.1. The molecule has 0 unspecified atom stereocenters. The quantitative estimate of drug-likeness (QED) is 0.604. The molecule has 2 amide bonds. The number of benzene rings is 3. The van der Waals surface area contributed by atoms with Crippen molar-refractivity contribution in [2.45, 2.75) is 13.8 Å². The number of carbonyl (C=O) groups is 2. The van der Waals surface area contributed by atoms with Crippen LogP contribution in [-0.4, -0.2) is 18.9 Å². The molecular weight excluding hydrogens is 395 g/mol. The normalized spacial score (nSPS) is 13.7. The van der Waals surface area contributed by atoms with E-state index in [1.807, 2.05) is 38.1 Å². The summed E-state index contributed by atoms with van der Waals surface area (Å²) in [5.74, 6) is -0.897. The van der Waals surface area contributed by atoms with Crippen molar-refractivity contribution in [1.29, 1.82) is 0 Å². The van der Waals surface area contributed by atoms with Gasteiger partial charge < -0.3 is 10.1 Å². The number of hydrogen-bond donors (Lipinski definition) is 1. The van der Waals surface area contributed by atoms with Gasteiger partial charge in [0.1, 0.15) is 17.3 Å². The summed E-state index contributed by atoms with van der Waals surface area (Å²) in [7, 11) is 1.53. The van der Waals surface area contributed by atoms with Crippen molar-refractivity contribution >= 4 is 28.8 Å². The van der Waals surface area contributed by atoms with Crippen LogP contribution in [0.1, 0.15) is 16.7 Å². The van der Waals surface area contributed by atoms with Gasteiger partial charge in [0.25, 0.3) is 11.8 Å². The number of nitrogens with zero attached hydrogens (tertiary/aromatic N) is 1. The highest BCUT2D eigenvalue weighted by Gasteiger charge is 2.41. The molecule has 0 atom stereocenters. The zero-order valence-electron chi connectivity index (χ0n) is 17.4. The molecule has 0 fully saturated rings. The largest absolute Gasteiger partial charge is 0.495 e. The third kappa shape index (κ3) is 3.68. The van der Waals surface area contributed by atoms with E-state index < -0.39 is 17.6 Å². The van der Waals surface area contributed by atoms with Gasteiger partial charge in [0.05, 0.1) is 24.1 Å². The molecule has 1 heterocycles. The molecule has 6 heteroatoms.